The van der Waals surface area contributed by atoms with Gasteiger partial charge in [0.25, 0.3) is 0 Å². The number of hydrogen-bond acceptors (Lipinski definition) is 4. The SMILES string of the molecule is CC1CC(C)CN(C(=O)CN2CCC3(CC2)OCCO3)C1. The zero-order valence-electron chi connectivity index (χ0n) is 13.3. The molecule has 3 fully saturated rings. The Labute approximate surface area is 127 Å². The molecule has 3 saturated heterocycles. The Bertz CT molecular complexity index is 362. The molecule has 0 N–H and O–H groups in total. The second kappa shape index (κ2) is 6.23. The fourth-order valence-electron chi connectivity index (χ4n) is 4.00. The van der Waals surface area contributed by atoms with Crippen LogP contribution in [0.3, 0.4) is 0 Å². The van der Waals surface area contributed by atoms with Crippen LogP contribution in [-0.2, 0) is 14.3 Å². The molecule has 0 radical (unpaired) electrons. The van der Waals surface area contributed by atoms with Gasteiger partial charge in [-0.1, -0.05) is 13.8 Å². The predicted octanol–water partition coefficient (Wildman–Crippen LogP) is 1.33. The van der Waals surface area contributed by atoms with Crippen molar-refractivity contribution in [2.45, 2.75) is 38.9 Å². The minimum atomic E-state index is -0.340. The minimum Gasteiger partial charge on any atom is -0.347 e. The van der Waals surface area contributed by atoms with Gasteiger partial charge in [0, 0.05) is 39.0 Å². The molecule has 0 aromatic carbocycles. The van der Waals surface area contributed by atoms with Gasteiger partial charge >= 0.3 is 0 Å². The molecular weight excluding hydrogens is 268 g/mol. The van der Waals surface area contributed by atoms with Gasteiger partial charge in [0.1, 0.15) is 0 Å². The van der Waals surface area contributed by atoms with Crippen LogP contribution in [0.25, 0.3) is 0 Å². The molecule has 0 saturated carbocycles. The molecule has 1 spiro atoms. The second-order valence-electron chi connectivity index (χ2n) is 7.13. The highest BCUT2D eigenvalue weighted by Gasteiger charge is 2.40. The Kier molecular flexibility index (Phi) is 4.52. The summed E-state index contributed by atoms with van der Waals surface area (Å²) in [4.78, 5) is 16.8. The fraction of sp³-hybridized carbons (Fsp3) is 0.938. The highest BCUT2D eigenvalue weighted by Crippen LogP contribution is 2.31. The van der Waals surface area contributed by atoms with E-state index in [4.69, 9.17) is 9.47 Å². The lowest BCUT2D eigenvalue weighted by atomic mass is 9.92. The van der Waals surface area contributed by atoms with E-state index < -0.39 is 0 Å². The molecule has 5 nitrogen and oxygen atoms in total. The molecule has 3 aliphatic rings. The van der Waals surface area contributed by atoms with Gasteiger partial charge in [0.2, 0.25) is 5.91 Å². The third-order valence-corrected chi connectivity index (χ3v) is 5.01. The van der Waals surface area contributed by atoms with Crippen molar-refractivity contribution in [3.05, 3.63) is 0 Å². The van der Waals surface area contributed by atoms with Crippen LogP contribution in [-0.4, -0.2) is 67.4 Å². The van der Waals surface area contributed by atoms with E-state index in [0.717, 1.165) is 39.0 Å². The van der Waals surface area contributed by atoms with Crippen molar-refractivity contribution in [2.75, 3.05) is 45.9 Å². The quantitative estimate of drug-likeness (QED) is 0.771. The molecule has 3 heterocycles. The summed E-state index contributed by atoms with van der Waals surface area (Å²) in [5.41, 5.74) is 0. The molecule has 5 heteroatoms. The topological polar surface area (TPSA) is 42.0 Å². The molecule has 3 rings (SSSR count). The molecule has 0 aliphatic carbocycles. The van der Waals surface area contributed by atoms with E-state index in [9.17, 15) is 4.79 Å². The van der Waals surface area contributed by atoms with Crippen LogP contribution in [0.2, 0.25) is 0 Å². The number of carbonyl (C=O) groups excluding carboxylic acids is 1. The van der Waals surface area contributed by atoms with E-state index in [2.05, 4.69) is 23.6 Å². The maximum Gasteiger partial charge on any atom is 0.236 e. The summed E-state index contributed by atoms with van der Waals surface area (Å²) < 4.78 is 11.5. The largest absolute Gasteiger partial charge is 0.347 e. The van der Waals surface area contributed by atoms with Crippen LogP contribution in [0.1, 0.15) is 33.1 Å². The lowest BCUT2D eigenvalue weighted by Crippen LogP contribution is -2.51. The van der Waals surface area contributed by atoms with Crippen LogP contribution in [0, 0.1) is 11.8 Å². The molecule has 120 valence electrons. The van der Waals surface area contributed by atoms with Crippen molar-refractivity contribution in [1.29, 1.82) is 0 Å². The predicted molar refractivity (Wildman–Crippen MR) is 79.8 cm³/mol. The number of amides is 1. The standard InChI is InChI=1S/C16H28N2O3/c1-13-9-14(2)11-18(10-13)15(19)12-17-5-3-16(4-6-17)20-7-8-21-16/h13-14H,3-12H2,1-2H3. The Hall–Kier alpha value is -0.650. The Balaban J connectivity index is 1.47. The van der Waals surface area contributed by atoms with Gasteiger partial charge in [-0.15, -0.1) is 0 Å². The van der Waals surface area contributed by atoms with Crippen LogP contribution in [0.4, 0.5) is 0 Å². The van der Waals surface area contributed by atoms with Gasteiger partial charge in [0.05, 0.1) is 19.8 Å². The van der Waals surface area contributed by atoms with Crippen LogP contribution in [0.15, 0.2) is 0 Å². The van der Waals surface area contributed by atoms with Gasteiger partial charge in [-0.25, -0.2) is 0 Å². The average molecular weight is 296 g/mol. The van der Waals surface area contributed by atoms with E-state index in [-0.39, 0.29) is 11.7 Å². The molecule has 0 bridgehead atoms. The second-order valence-corrected chi connectivity index (χ2v) is 7.13. The molecule has 2 unspecified atom stereocenters. The molecule has 1 amide bonds. The lowest BCUT2D eigenvalue weighted by molar-refractivity contribution is -0.186. The minimum absolute atomic E-state index is 0.289. The van der Waals surface area contributed by atoms with E-state index in [1.54, 1.807) is 0 Å². The van der Waals surface area contributed by atoms with Crippen molar-refractivity contribution in [2.24, 2.45) is 11.8 Å². The third-order valence-electron chi connectivity index (χ3n) is 5.01. The summed E-state index contributed by atoms with van der Waals surface area (Å²) in [6.07, 6.45) is 3.00. The average Bonchev–Trinajstić information content (AvgIpc) is 2.89. The monoisotopic (exact) mass is 296 g/mol. The van der Waals surface area contributed by atoms with Crippen molar-refractivity contribution in [3.8, 4) is 0 Å². The number of carbonyl (C=O) groups is 1. The van der Waals surface area contributed by atoms with Gasteiger partial charge in [-0.05, 0) is 18.3 Å². The number of piperidine rings is 2. The smallest absolute Gasteiger partial charge is 0.236 e. The van der Waals surface area contributed by atoms with Crippen molar-refractivity contribution < 1.29 is 14.3 Å². The molecule has 0 aromatic rings. The summed E-state index contributed by atoms with van der Waals surface area (Å²) in [7, 11) is 0. The molecule has 3 aliphatic heterocycles. The van der Waals surface area contributed by atoms with Gasteiger partial charge in [-0.2, -0.15) is 0 Å². The first-order valence-corrected chi connectivity index (χ1v) is 8.34. The van der Waals surface area contributed by atoms with E-state index in [0.29, 0.717) is 31.6 Å². The number of hydrogen-bond donors (Lipinski definition) is 0. The highest BCUT2D eigenvalue weighted by molar-refractivity contribution is 5.78. The lowest BCUT2D eigenvalue weighted by Gasteiger charge is -2.39. The van der Waals surface area contributed by atoms with Crippen molar-refractivity contribution in [1.82, 2.24) is 9.80 Å². The molecular formula is C16H28N2O3. The summed E-state index contributed by atoms with van der Waals surface area (Å²) in [5.74, 6) is 1.20. The fourth-order valence-corrected chi connectivity index (χ4v) is 4.00. The Morgan fingerprint density at radius 2 is 1.67 bits per heavy atom. The molecule has 21 heavy (non-hydrogen) atoms. The van der Waals surface area contributed by atoms with E-state index in [1.165, 1.54) is 6.42 Å². The highest BCUT2D eigenvalue weighted by atomic mass is 16.7. The Morgan fingerprint density at radius 1 is 1.10 bits per heavy atom. The third kappa shape index (κ3) is 3.58. The van der Waals surface area contributed by atoms with Crippen molar-refractivity contribution in [3.63, 3.8) is 0 Å². The van der Waals surface area contributed by atoms with Crippen LogP contribution < -0.4 is 0 Å². The first kappa shape index (κ1) is 15.3. The summed E-state index contributed by atoms with van der Waals surface area (Å²) in [6.45, 7) is 10.1. The summed E-state index contributed by atoms with van der Waals surface area (Å²) in [6, 6.07) is 0. The number of ether oxygens (including phenoxy) is 2. The van der Waals surface area contributed by atoms with E-state index >= 15 is 0 Å². The number of rotatable bonds is 2. The van der Waals surface area contributed by atoms with Crippen LogP contribution in [0.5, 0.6) is 0 Å². The van der Waals surface area contributed by atoms with Crippen LogP contribution >= 0.6 is 0 Å². The first-order chi connectivity index (χ1) is 10.1. The zero-order chi connectivity index (χ0) is 14.9. The Morgan fingerprint density at radius 3 is 2.24 bits per heavy atom. The maximum absolute atomic E-state index is 12.5. The summed E-state index contributed by atoms with van der Waals surface area (Å²) in [5, 5.41) is 0. The molecule has 2 atom stereocenters. The van der Waals surface area contributed by atoms with Gasteiger partial charge in [-0.3, -0.25) is 9.69 Å². The number of likely N-dealkylation sites (tertiary alicyclic amines) is 2. The molecule has 0 aromatic heterocycles. The van der Waals surface area contributed by atoms with Crippen molar-refractivity contribution >= 4 is 5.91 Å². The van der Waals surface area contributed by atoms with Gasteiger partial charge in [0.15, 0.2) is 5.79 Å². The zero-order valence-corrected chi connectivity index (χ0v) is 13.3. The summed E-state index contributed by atoms with van der Waals surface area (Å²) >= 11 is 0. The van der Waals surface area contributed by atoms with E-state index in [1.807, 2.05) is 0 Å². The maximum atomic E-state index is 12.5. The number of nitrogens with zero attached hydrogens (tertiary/aromatic N) is 2. The normalized spacial score (nSPS) is 33.5. The van der Waals surface area contributed by atoms with Gasteiger partial charge < -0.3 is 14.4 Å². The first-order valence-electron chi connectivity index (χ1n) is 8.34.